The zero-order valence-electron chi connectivity index (χ0n) is 17.0. The third-order valence-corrected chi connectivity index (χ3v) is 5.94. The van der Waals surface area contributed by atoms with Gasteiger partial charge in [0.25, 0.3) is 5.91 Å². The average Bonchev–Trinajstić information content (AvgIpc) is 3.12. The second-order valence-electron chi connectivity index (χ2n) is 7.88. The summed E-state index contributed by atoms with van der Waals surface area (Å²) >= 11 is 0. The van der Waals surface area contributed by atoms with Gasteiger partial charge in [0.2, 0.25) is 5.89 Å². The summed E-state index contributed by atoms with van der Waals surface area (Å²) in [5, 5.41) is 4.01. The summed E-state index contributed by atoms with van der Waals surface area (Å²) in [6.45, 7) is 5.58. The van der Waals surface area contributed by atoms with E-state index in [9.17, 15) is 9.59 Å². The molecule has 156 valence electrons. The topological polar surface area (TPSA) is 98.7 Å². The molecule has 3 heterocycles. The average molecular weight is 401 g/mol. The monoisotopic (exact) mass is 401 g/mol. The summed E-state index contributed by atoms with van der Waals surface area (Å²) in [7, 11) is 0. The molecule has 1 amide bonds. The molecule has 29 heavy (non-hydrogen) atoms. The number of carbonyl (C=O) groups excluding carboxylic acids is 1. The Morgan fingerprint density at radius 3 is 2.59 bits per heavy atom. The highest BCUT2D eigenvalue weighted by molar-refractivity contribution is 5.95. The minimum Gasteiger partial charge on any atom is -0.427 e. The van der Waals surface area contributed by atoms with Crippen molar-refractivity contribution < 1.29 is 18.5 Å². The molecule has 2 fully saturated rings. The van der Waals surface area contributed by atoms with Gasteiger partial charge in [0, 0.05) is 31.6 Å². The van der Waals surface area contributed by atoms with Crippen molar-refractivity contribution in [1.29, 1.82) is 0 Å². The maximum atomic E-state index is 13.1. The van der Waals surface area contributed by atoms with Gasteiger partial charge in [-0.1, -0.05) is 11.6 Å². The van der Waals surface area contributed by atoms with Crippen molar-refractivity contribution in [3.8, 4) is 0 Å². The van der Waals surface area contributed by atoms with E-state index < -0.39 is 5.63 Å². The van der Waals surface area contributed by atoms with Crippen molar-refractivity contribution in [3.63, 3.8) is 0 Å². The van der Waals surface area contributed by atoms with Gasteiger partial charge < -0.3 is 18.6 Å². The number of nitrogens with zero attached hydrogens (tertiary/aromatic N) is 3. The Morgan fingerprint density at radius 1 is 1.21 bits per heavy atom. The van der Waals surface area contributed by atoms with Crippen LogP contribution in [0.1, 0.15) is 84.3 Å². The van der Waals surface area contributed by atoms with Crippen LogP contribution in [0.25, 0.3) is 0 Å². The third kappa shape index (κ3) is 4.12. The van der Waals surface area contributed by atoms with E-state index in [1.165, 1.54) is 6.42 Å². The SMILES string of the molecule is CCN(Cc1noc(C2CCC2)n1)C(=O)c1c(C)cc(C2CCOCC2)oc1=O. The number of aromatic nitrogens is 2. The van der Waals surface area contributed by atoms with Crippen LogP contribution in [-0.2, 0) is 11.3 Å². The van der Waals surface area contributed by atoms with Gasteiger partial charge in [0.1, 0.15) is 11.3 Å². The van der Waals surface area contributed by atoms with E-state index in [0.717, 1.165) is 25.7 Å². The molecule has 0 N–H and O–H groups in total. The zero-order valence-corrected chi connectivity index (χ0v) is 17.0. The van der Waals surface area contributed by atoms with E-state index in [0.29, 0.717) is 48.7 Å². The fraction of sp³-hybridized carbons (Fsp3) is 0.619. The fourth-order valence-electron chi connectivity index (χ4n) is 3.88. The number of ether oxygens (including phenoxy) is 1. The molecule has 0 atom stereocenters. The molecule has 1 saturated carbocycles. The van der Waals surface area contributed by atoms with Crippen LogP contribution < -0.4 is 5.63 Å². The largest absolute Gasteiger partial charge is 0.427 e. The van der Waals surface area contributed by atoms with Gasteiger partial charge in [-0.3, -0.25) is 4.79 Å². The first-order chi connectivity index (χ1) is 14.1. The van der Waals surface area contributed by atoms with Crippen molar-refractivity contribution in [2.75, 3.05) is 19.8 Å². The second kappa shape index (κ2) is 8.49. The van der Waals surface area contributed by atoms with Crippen LogP contribution in [-0.4, -0.2) is 40.7 Å². The van der Waals surface area contributed by atoms with Gasteiger partial charge in [0.15, 0.2) is 5.82 Å². The molecule has 2 aliphatic rings. The quantitative estimate of drug-likeness (QED) is 0.733. The minimum atomic E-state index is -0.585. The molecule has 0 bridgehead atoms. The predicted octanol–water partition coefficient (Wildman–Crippen LogP) is 3.16. The molecule has 4 rings (SSSR count). The standard InChI is InChI=1S/C21H27N3O5/c1-3-24(12-17-22-19(29-23-17)15-5-4-6-15)20(25)18-13(2)11-16(28-21(18)26)14-7-9-27-10-8-14/h11,14-15H,3-10,12H2,1-2H3. The predicted molar refractivity (Wildman–Crippen MR) is 104 cm³/mol. The Kier molecular flexibility index (Phi) is 5.80. The van der Waals surface area contributed by atoms with Gasteiger partial charge >= 0.3 is 5.63 Å². The molecule has 0 aromatic carbocycles. The van der Waals surface area contributed by atoms with Crippen LogP contribution in [0.5, 0.6) is 0 Å². The number of amides is 1. The second-order valence-corrected chi connectivity index (χ2v) is 7.88. The Labute approximate surface area is 169 Å². The van der Waals surface area contributed by atoms with Crippen molar-refractivity contribution in [1.82, 2.24) is 15.0 Å². The summed E-state index contributed by atoms with van der Waals surface area (Å²) in [6, 6.07) is 1.82. The number of hydrogen-bond donors (Lipinski definition) is 0. The Balaban J connectivity index is 1.52. The molecule has 0 radical (unpaired) electrons. The van der Waals surface area contributed by atoms with E-state index >= 15 is 0 Å². The number of carbonyl (C=O) groups is 1. The van der Waals surface area contributed by atoms with Crippen molar-refractivity contribution in [2.45, 2.75) is 64.3 Å². The highest BCUT2D eigenvalue weighted by atomic mass is 16.5. The van der Waals surface area contributed by atoms with Crippen molar-refractivity contribution in [3.05, 3.63) is 45.1 Å². The maximum absolute atomic E-state index is 13.1. The van der Waals surface area contributed by atoms with Crippen LogP contribution in [0.2, 0.25) is 0 Å². The molecule has 8 nitrogen and oxygen atoms in total. The summed E-state index contributed by atoms with van der Waals surface area (Å²) in [5.74, 6) is 1.88. The molecule has 1 aliphatic carbocycles. The Hall–Kier alpha value is -2.48. The van der Waals surface area contributed by atoms with Gasteiger partial charge in [0.05, 0.1) is 6.54 Å². The molecule has 2 aromatic rings. The maximum Gasteiger partial charge on any atom is 0.349 e. The van der Waals surface area contributed by atoms with Crippen LogP contribution in [0.15, 0.2) is 19.8 Å². The third-order valence-electron chi connectivity index (χ3n) is 5.94. The molecular weight excluding hydrogens is 374 g/mol. The minimum absolute atomic E-state index is 0.0744. The van der Waals surface area contributed by atoms with Gasteiger partial charge in [-0.2, -0.15) is 4.98 Å². The summed E-state index contributed by atoms with van der Waals surface area (Å²) in [4.78, 5) is 31.7. The Morgan fingerprint density at radius 2 is 1.97 bits per heavy atom. The molecule has 2 aromatic heterocycles. The molecule has 0 spiro atoms. The lowest BCUT2D eigenvalue weighted by Crippen LogP contribution is -2.35. The van der Waals surface area contributed by atoms with Crippen molar-refractivity contribution >= 4 is 5.91 Å². The van der Waals surface area contributed by atoms with Crippen molar-refractivity contribution in [2.24, 2.45) is 0 Å². The first-order valence-corrected chi connectivity index (χ1v) is 10.4. The fourth-order valence-corrected chi connectivity index (χ4v) is 3.88. The zero-order chi connectivity index (χ0) is 20.4. The molecule has 1 aliphatic heterocycles. The van der Waals surface area contributed by atoms with E-state index in [2.05, 4.69) is 10.1 Å². The van der Waals surface area contributed by atoms with Crippen LogP contribution >= 0.6 is 0 Å². The van der Waals surface area contributed by atoms with E-state index in [4.69, 9.17) is 13.7 Å². The van der Waals surface area contributed by atoms with E-state index in [-0.39, 0.29) is 23.9 Å². The van der Waals surface area contributed by atoms with Crippen LogP contribution in [0.3, 0.4) is 0 Å². The molecule has 0 unspecified atom stereocenters. The van der Waals surface area contributed by atoms with E-state index in [1.54, 1.807) is 11.8 Å². The first kappa shape index (κ1) is 19.8. The molecule has 8 heteroatoms. The lowest BCUT2D eigenvalue weighted by Gasteiger charge is -2.22. The smallest absolute Gasteiger partial charge is 0.349 e. The van der Waals surface area contributed by atoms with Gasteiger partial charge in [-0.15, -0.1) is 0 Å². The Bertz CT molecular complexity index is 925. The lowest BCUT2D eigenvalue weighted by molar-refractivity contribution is 0.0733. The highest BCUT2D eigenvalue weighted by Crippen LogP contribution is 2.35. The normalized spacial score (nSPS) is 17.9. The summed E-state index contributed by atoms with van der Waals surface area (Å²) in [6.07, 6.45) is 4.95. The number of aryl methyl sites for hydroxylation is 1. The van der Waals surface area contributed by atoms with Gasteiger partial charge in [-0.25, -0.2) is 4.79 Å². The van der Waals surface area contributed by atoms with Crippen LogP contribution in [0, 0.1) is 6.92 Å². The molecule has 1 saturated heterocycles. The number of rotatable bonds is 6. The first-order valence-electron chi connectivity index (χ1n) is 10.4. The summed E-state index contributed by atoms with van der Waals surface area (Å²) < 4.78 is 16.3. The van der Waals surface area contributed by atoms with E-state index in [1.807, 2.05) is 13.0 Å². The molecular formula is C21H27N3O5. The number of hydrogen-bond acceptors (Lipinski definition) is 7. The summed E-state index contributed by atoms with van der Waals surface area (Å²) in [5.41, 5.74) is 0.123. The van der Waals surface area contributed by atoms with Gasteiger partial charge in [-0.05, 0) is 51.2 Å². The highest BCUT2D eigenvalue weighted by Gasteiger charge is 2.28. The van der Waals surface area contributed by atoms with Crippen LogP contribution in [0.4, 0.5) is 0 Å². The lowest BCUT2D eigenvalue weighted by atomic mass is 9.85.